The van der Waals surface area contributed by atoms with E-state index in [1.165, 1.54) is 6.92 Å². The predicted molar refractivity (Wildman–Crippen MR) is 101 cm³/mol. The number of amides is 1. The Labute approximate surface area is 163 Å². The fourth-order valence-corrected chi connectivity index (χ4v) is 3.35. The summed E-state index contributed by atoms with van der Waals surface area (Å²) in [6.07, 6.45) is -3.91. The van der Waals surface area contributed by atoms with Gasteiger partial charge in [0, 0.05) is 11.2 Å². The predicted octanol–water partition coefficient (Wildman–Crippen LogP) is 0.684. The van der Waals surface area contributed by atoms with Crippen LogP contribution in [-0.4, -0.2) is 49.0 Å². The molecule has 1 aliphatic rings. The van der Waals surface area contributed by atoms with Crippen LogP contribution in [0.1, 0.15) is 18.8 Å². The molecule has 3 heterocycles. The molecule has 29 heavy (non-hydrogen) atoms. The van der Waals surface area contributed by atoms with Gasteiger partial charge in [-0.1, -0.05) is 18.2 Å². The number of aromatic nitrogens is 3. The van der Waals surface area contributed by atoms with Crippen LogP contribution in [0.15, 0.2) is 41.3 Å². The number of rotatable bonds is 4. The van der Waals surface area contributed by atoms with Gasteiger partial charge in [-0.25, -0.2) is 9.18 Å². The summed E-state index contributed by atoms with van der Waals surface area (Å²) in [6.45, 7) is 1.52. The topological polar surface area (TPSA) is 129 Å². The second-order valence-electron chi connectivity index (χ2n) is 6.95. The van der Waals surface area contributed by atoms with E-state index in [2.05, 4.69) is 15.3 Å². The van der Waals surface area contributed by atoms with Gasteiger partial charge < -0.3 is 25.3 Å². The van der Waals surface area contributed by atoms with Crippen LogP contribution in [0.2, 0.25) is 0 Å². The van der Waals surface area contributed by atoms with Crippen molar-refractivity contribution in [3.63, 3.8) is 0 Å². The molecule has 10 heteroatoms. The van der Waals surface area contributed by atoms with Crippen molar-refractivity contribution in [3.8, 4) is 0 Å². The number of ether oxygens (including phenoxy) is 1. The molecule has 0 spiro atoms. The van der Waals surface area contributed by atoms with Crippen LogP contribution in [0.25, 0.3) is 10.9 Å². The number of hydrogen-bond acceptors (Lipinski definition) is 6. The summed E-state index contributed by atoms with van der Waals surface area (Å²) in [5.74, 6) is -2.05. The molecule has 4 N–H and O–H groups in total. The second-order valence-corrected chi connectivity index (χ2v) is 6.95. The maximum Gasteiger partial charge on any atom is 0.351 e. The first-order valence-corrected chi connectivity index (χ1v) is 9.00. The largest absolute Gasteiger partial charge is 0.388 e. The fourth-order valence-electron chi connectivity index (χ4n) is 3.35. The lowest BCUT2D eigenvalue weighted by Gasteiger charge is -2.17. The van der Waals surface area contributed by atoms with E-state index in [0.29, 0.717) is 5.69 Å². The number of carbonyl (C=O) groups is 1. The summed E-state index contributed by atoms with van der Waals surface area (Å²) in [5.41, 5.74) is 0.564. The summed E-state index contributed by atoms with van der Waals surface area (Å²) >= 11 is 0. The standard InChI is InChI=1S/C19H19FN4O5/c1-9-15(26)16(27)18(29-9)24-8-12(20)17(23-19(24)28)22-14(25)7-11-6-10-4-2-3-5-13(10)21-11/h2-6,8-9,15-16,18,21,26-27H,7H2,1H3,(H,22,23,25,28)/t9-,15-,16-,18-/m1/s1. The smallest absolute Gasteiger partial charge is 0.351 e. The highest BCUT2D eigenvalue weighted by atomic mass is 19.1. The molecule has 1 saturated heterocycles. The molecular formula is C19H19FN4O5. The van der Waals surface area contributed by atoms with Crippen LogP contribution < -0.4 is 11.0 Å². The molecule has 1 aliphatic heterocycles. The number of nitrogens with zero attached hydrogens (tertiary/aromatic N) is 2. The van der Waals surface area contributed by atoms with Gasteiger partial charge in [-0.2, -0.15) is 4.98 Å². The van der Waals surface area contributed by atoms with E-state index >= 15 is 0 Å². The van der Waals surface area contributed by atoms with Crippen LogP contribution in [0.5, 0.6) is 0 Å². The van der Waals surface area contributed by atoms with Crippen molar-refractivity contribution in [2.24, 2.45) is 0 Å². The number of aliphatic hydroxyl groups is 2. The number of para-hydroxylation sites is 1. The molecule has 2 aromatic heterocycles. The van der Waals surface area contributed by atoms with E-state index in [1.807, 2.05) is 30.3 Å². The fraction of sp³-hybridized carbons (Fsp3) is 0.316. The zero-order valence-corrected chi connectivity index (χ0v) is 15.4. The Hall–Kier alpha value is -3.08. The number of carbonyl (C=O) groups excluding carboxylic acids is 1. The number of aliphatic hydroxyl groups excluding tert-OH is 2. The van der Waals surface area contributed by atoms with Crippen molar-refractivity contribution >= 4 is 22.6 Å². The van der Waals surface area contributed by atoms with Crippen molar-refractivity contribution in [2.75, 3.05) is 5.32 Å². The van der Waals surface area contributed by atoms with Crippen molar-refractivity contribution in [3.05, 3.63) is 58.5 Å². The quantitative estimate of drug-likeness (QED) is 0.508. The normalized spacial score (nSPS) is 24.1. The zero-order chi connectivity index (χ0) is 20.7. The molecule has 4 rings (SSSR count). The Balaban J connectivity index is 1.51. The Bertz CT molecular complexity index is 1090. The number of hydrogen-bond donors (Lipinski definition) is 4. The van der Waals surface area contributed by atoms with Crippen molar-refractivity contribution in [1.29, 1.82) is 0 Å². The summed E-state index contributed by atoms with van der Waals surface area (Å²) < 4.78 is 20.5. The van der Waals surface area contributed by atoms with Gasteiger partial charge in [0.2, 0.25) is 5.91 Å². The lowest BCUT2D eigenvalue weighted by molar-refractivity contribution is -0.115. The Kier molecular flexibility index (Phi) is 4.91. The average Bonchev–Trinajstić information content (AvgIpc) is 3.19. The highest BCUT2D eigenvalue weighted by Gasteiger charge is 2.42. The molecule has 1 fully saturated rings. The monoisotopic (exact) mass is 402 g/mol. The van der Waals surface area contributed by atoms with Crippen LogP contribution in [-0.2, 0) is 16.0 Å². The van der Waals surface area contributed by atoms with Crippen molar-refractivity contribution in [1.82, 2.24) is 14.5 Å². The third-order valence-electron chi connectivity index (χ3n) is 4.85. The number of fused-ring (bicyclic) bond motifs is 1. The molecule has 1 amide bonds. The van der Waals surface area contributed by atoms with E-state index in [0.717, 1.165) is 21.7 Å². The van der Waals surface area contributed by atoms with E-state index < -0.39 is 47.8 Å². The Morgan fingerprint density at radius 2 is 2.10 bits per heavy atom. The number of nitrogens with one attached hydrogen (secondary N) is 2. The minimum atomic E-state index is -1.41. The first-order valence-electron chi connectivity index (χ1n) is 9.00. The van der Waals surface area contributed by atoms with E-state index in [1.54, 1.807) is 0 Å². The molecule has 3 aromatic rings. The van der Waals surface area contributed by atoms with Crippen LogP contribution in [0, 0.1) is 5.82 Å². The lowest BCUT2D eigenvalue weighted by atomic mass is 10.1. The third-order valence-corrected chi connectivity index (χ3v) is 4.85. The minimum absolute atomic E-state index is 0.0625. The van der Waals surface area contributed by atoms with Gasteiger partial charge in [0.25, 0.3) is 0 Å². The maximum atomic E-state index is 14.4. The molecule has 0 aliphatic carbocycles. The number of halogens is 1. The molecule has 0 radical (unpaired) electrons. The molecule has 0 bridgehead atoms. The maximum absolute atomic E-state index is 14.4. The van der Waals surface area contributed by atoms with Gasteiger partial charge in [-0.3, -0.25) is 9.36 Å². The van der Waals surface area contributed by atoms with Crippen LogP contribution >= 0.6 is 0 Å². The van der Waals surface area contributed by atoms with Crippen molar-refractivity contribution < 1.29 is 24.1 Å². The lowest BCUT2D eigenvalue weighted by Crippen LogP contribution is -2.36. The zero-order valence-electron chi connectivity index (χ0n) is 15.4. The van der Waals surface area contributed by atoms with Gasteiger partial charge in [-0.05, 0) is 24.4 Å². The Morgan fingerprint density at radius 3 is 2.79 bits per heavy atom. The summed E-state index contributed by atoms with van der Waals surface area (Å²) in [4.78, 5) is 31.1. The second kappa shape index (κ2) is 7.39. The van der Waals surface area contributed by atoms with Gasteiger partial charge in [0.05, 0.1) is 18.7 Å². The van der Waals surface area contributed by atoms with Crippen molar-refractivity contribution in [2.45, 2.75) is 37.9 Å². The van der Waals surface area contributed by atoms with Gasteiger partial charge in [-0.15, -0.1) is 0 Å². The third kappa shape index (κ3) is 3.65. The van der Waals surface area contributed by atoms with E-state index in [-0.39, 0.29) is 6.42 Å². The number of benzene rings is 1. The van der Waals surface area contributed by atoms with Gasteiger partial charge in [0.1, 0.15) is 12.2 Å². The highest BCUT2D eigenvalue weighted by Crippen LogP contribution is 2.28. The van der Waals surface area contributed by atoms with E-state index in [9.17, 15) is 24.2 Å². The molecule has 0 saturated carbocycles. The average molecular weight is 402 g/mol. The Morgan fingerprint density at radius 1 is 1.34 bits per heavy atom. The first-order chi connectivity index (χ1) is 13.8. The molecule has 9 nitrogen and oxygen atoms in total. The summed E-state index contributed by atoms with van der Waals surface area (Å²) in [5, 5.41) is 23.0. The summed E-state index contributed by atoms with van der Waals surface area (Å²) in [6, 6.07) is 9.31. The number of H-pyrrole nitrogens is 1. The highest BCUT2D eigenvalue weighted by molar-refractivity contribution is 5.92. The number of aromatic amines is 1. The molecular weight excluding hydrogens is 383 g/mol. The molecule has 0 unspecified atom stereocenters. The summed E-state index contributed by atoms with van der Waals surface area (Å²) in [7, 11) is 0. The van der Waals surface area contributed by atoms with Crippen LogP contribution in [0.3, 0.4) is 0 Å². The van der Waals surface area contributed by atoms with Gasteiger partial charge in [0.15, 0.2) is 17.9 Å². The molecule has 1 aromatic carbocycles. The SMILES string of the molecule is C[C@H]1O[C@@H](n2cc(F)c(NC(=O)Cc3cc4ccccc4[nH]3)nc2=O)[C@H](O)[C@@H]1O. The minimum Gasteiger partial charge on any atom is -0.388 e. The van der Waals surface area contributed by atoms with Gasteiger partial charge >= 0.3 is 5.69 Å². The first kappa shape index (κ1) is 19.2. The molecule has 152 valence electrons. The molecule has 4 atom stereocenters. The van der Waals surface area contributed by atoms with Crippen LogP contribution in [0.4, 0.5) is 10.2 Å². The number of anilines is 1. The van der Waals surface area contributed by atoms with E-state index in [4.69, 9.17) is 4.74 Å².